The first kappa shape index (κ1) is 20.1. The Balaban J connectivity index is 2.15. The van der Waals surface area contributed by atoms with Gasteiger partial charge >= 0.3 is 5.97 Å². The summed E-state index contributed by atoms with van der Waals surface area (Å²) in [6.45, 7) is 3.09. The average Bonchev–Trinajstić information content (AvgIpc) is 3.26. The molecular weight excluding hydrogens is 356 g/mol. The second-order valence-electron chi connectivity index (χ2n) is 5.53. The predicted octanol–water partition coefficient (Wildman–Crippen LogP) is 0.203. The highest BCUT2D eigenvalue weighted by Gasteiger charge is 2.20. The van der Waals surface area contributed by atoms with E-state index in [1.54, 1.807) is 6.20 Å². The Morgan fingerprint density at radius 3 is 2.74 bits per heavy atom. The maximum Gasteiger partial charge on any atom is 0.305 e. The number of carbonyl (C=O) groups excluding carboxylic acids is 2. The molecule has 11 nitrogen and oxygen atoms in total. The second kappa shape index (κ2) is 9.48. The van der Waals surface area contributed by atoms with Gasteiger partial charge in [0.05, 0.1) is 25.3 Å². The number of carbonyl (C=O) groups is 3. The average molecular weight is 378 g/mol. The minimum atomic E-state index is -0.990. The summed E-state index contributed by atoms with van der Waals surface area (Å²) in [5, 5.41) is 22.2. The highest BCUT2D eigenvalue weighted by atomic mass is 16.5. The van der Waals surface area contributed by atoms with Gasteiger partial charge in [-0.25, -0.2) is 0 Å². The number of rotatable bonds is 10. The van der Waals surface area contributed by atoms with Gasteiger partial charge in [0.2, 0.25) is 0 Å². The van der Waals surface area contributed by atoms with Gasteiger partial charge in [-0.05, 0) is 13.0 Å². The van der Waals surface area contributed by atoms with Gasteiger partial charge in [-0.3, -0.25) is 23.7 Å². The second-order valence-corrected chi connectivity index (χ2v) is 5.53. The molecule has 0 aliphatic rings. The van der Waals surface area contributed by atoms with Crippen LogP contribution in [0.3, 0.4) is 0 Å². The van der Waals surface area contributed by atoms with Gasteiger partial charge in [0, 0.05) is 32.6 Å². The Kier molecular flexibility index (Phi) is 7.06. The molecule has 0 radical (unpaired) electrons. The normalized spacial score (nSPS) is 10.6. The van der Waals surface area contributed by atoms with Gasteiger partial charge in [-0.1, -0.05) is 0 Å². The van der Waals surface area contributed by atoms with Crippen LogP contribution in [-0.2, 0) is 22.6 Å². The van der Waals surface area contributed by atoms with Crippen LogP contribution in [-0.4, -0.2) is 62.7 Å². The van der Waals surface area contributed by atoms with Gasteiger partial charge < -0.3 is 20.5 Å². The van der Waals surface area contributed by atoms with Gasteiger partial charge in [-0.15, -0.1) is 0 Å². The molecule has 0 aliphatic heterocycles. The summed E-state index contributed by atoms with van der Waals surface area (Å²) in [6, 6.07) is 1.47. The van der Waals surface area contributed by atoms with E-state index in [1.807, 2.05) is 6.92 Å². The van der Waals surface area contributed by atoms with Gasteiger partial charge in [-0.2, -0.15) is 10.2 Å². The first-order valence-electron chi connectivity index (χ1n) is 8.35. The molecule has 0 unspecified atom stereocenters. The van der Waals surface area contributed by atoms with Crippen LogP contribution in [0.1, 0.15) is 34.3 Å². The lowest BCUT2D eigenvalue weighted by molar-refractivity contribution is -0.137. The molecule has 146 valence electrons. The molecule has 0 spiro atoms. The van der Waals surface area contributed by atoms with Crippen LogP contribution in [0, 0.1) is 0 Å². The quantitative estimate of drug-likeness (QED) is 0.502. The Bertz CT molecular complexity index is 812. The lowest BCUT2D eigenvalue weighted by Gasteiger charge is -2.08. The van der Waals surface area contributed by atoms with Gasteiger partial charge in [0.15, 0.2) is 5.69 Å². The fourth-order valence-electron chi connectivity index (χ4n) is 2.28. The maximum absolute atomic E-state index is 12.6. The topological polar surface area (TPSA) is 140 Å². The molecule has 0 aliphatic carbocycles. The molecular formula is C16H22N6O5. The maximum atomic E-state index is 12.6. The number of nitrogens with one attached hydrogen (secondary N) is 2. The van der Waals surface area contributed by atoms with E-state index in [4.69, 9.17) is 9.84 Å². The van der Waals surface area contributed by atoms with E-state index in [-0.39, 0.29) is 30.0 Å². The number of aromatic nitrogens is 4. The predicted molar refractivity (Wildman–Crippen MR) is 94.5 cm³/mol. The van der Waals surface area contributed by atoms with E-state index in [1.165, 1.54) is 28.7 Å². The molecule has 2 heterocycles. The molecule has 2 aromatic heterocycles. The SMILES string of the molecule is CCn1cc(NC(=O)c2ccnn2CCC(=O)O)c(C(=O)NCCOC)n1. The van der Waals surface area contributed by atoms with Crippen molar-refractivity contribution in [2.45, 2.75) is 26.4 Å². The van der Waals surface area contributed by atoms with Crippen molar-refractivity contribution in [2.75, 3.05) is 25.6 Å². The zero-order valence-electron chi connectivity index (χ0n) is 15.1. The van der Waals surface area contributed by atoms with Crippen LogP contribution >= 0.6 is 0 Å². The first-order chi connectivity index (χ1) is 13.0. The van der Waals surface area contributed by atoms with Crippen molar-refractivity contribution < 1.29 is 24.2 Å². The molecule has 27 heavy (non-hydrogen) atoms. The number of carboxylic acid groups (broad SMARTS) is 1. The third-order valence-corrected chi connectivity index (χ3v) is 3.63. The zero-order valence-corrected chi connectivity index (χ0v) is 15.1. The third kappa shape index (κ3) is 5.38. The summed E-state index contributed by atoms with van der Waals surface area (Å²) >= 11 is 0. The fraction of sp³-hybridized carbons (Fsp3) is 0.438. The van der Waals surface area contributed by atoms with Crippen LogP contribution in [0.25, 0.3) is 0 Å². The van der Waals surface area contributed by atoms with Crippen LogP contribution in [0.4, 0.5) is 5.69 Å². The molecule has 11 heteroatoms. The van der Waals surface area contributed by atoms with E-state index in [0.29, 0.717) is 19.7 Å². The van der Waals surface area contributed by atoms with Crippen molar-refractivity contribution in [1.82, 2.24) is 24.9 Å². The van der Waals surface area contributed by atoms with E-state index in [9.17, 15) is 14.4 Å². The van der Waals surface area contributed by atoms with E-state index in [0.717, 1.165) is 0 Å². The van der Waals surface area contributed by atoms with Crippen molar-refractivity contribution in [3.63, 3.8) is 0 Å². The Morgan fingerprint density at radius 1 is 1.30 bits per heavy atom. The molecule has 0 fully saturated rings. The molecule has 2 amide bonds. The monoisotopic (exact) mass is 378 g/mol. The highest BCUT2D eigenvalue weighted by molar-refractivity contribution is 6.07. The van der Waals surface area contributed by atoms with Crippen molar-refractivity contribution in [3.8, 4) is 0 Å². The number of carboxylic acids is 1. The Morgan fingerprint density at radius 2 is 2.07 bits per heavy atom. The Hall–Kier alpha value is -3.21. The van der Waals surface area contributed by atoms with Crippen LogP contribution in [0.15, 0.2) is 18.5 Å². The molecule has 3 N–H and O–H groups in total. The molecule has 0 atom stereocenters. The summed E-state index contributed by atoms with van der Waals surface area (Å²) in [5.74, 6) is -1.94. The number of amides is 2. The number of hydrogen-bond donors (Lipinski definition) is 3. The van der Waals surface area contributed by atoms with Crippen molar-refractivity contribution in [2.24, 2.45) is 0 Å². The number of anilines is 1. The standard InChI is InChI=1S/C16H22N6O5/c1-3-21-10-11(14(20-21)16(26)17-7-9-27-2)19-15(25)12-4-6-18-22(12)8-5-13(23)24/h4,6,10H,3,5,7-9H2,1-2H3,(H,17,26)(H,19,25)(H,23,24). The number of aliphatic carboxylic acids is 1. The van der Waals surface area contributed by atoms with Crippen LogP contribution < -0.4 is 10.6 Å². The third-order valence-electron chi connectivity index (χ3n) is 3.63. The largest absolute Gasteiger partial charge is 0.481 e. The van der Waals surface area contributed by atoms with E-state index >= 15 is 0 Å². The fourth-order valence-corrected chi connectivity index (χ4v) is 2.28. The minimum Gasteiger partial charge on any atom is -0.481 e. The summed E-state index contributed by atoms with van der Waals surface area (Å²) in [4.78, 5) is 35.6. The van der Waals surface area contributed by atoms with E-state index in [2.05, 4.69) is 20.8 Å². The van der Waals surface area contributed by atoms with Crippen LogP contribution in [0.5, 0.6) is 0 Å². The summed E-state index contributed by atoms with van der Waals surface area (Å²) in [6.07, 6.45) is 2.80. The van der Waals surface area contributed by atoms with Crippen molar-refractivity contribution in [1.29, 1.82) is 0 Å². The summed E-state index contributed by atoms with van der Waals surface area (Å²) in [5.41, 5.74) is 0.520. The molecule has 0 bridgehead atoms. The summed E-state index contributed by atoms with van der Waals surface area (Å²) < 4.78 is 7.72. The van der Waals surface area contributed by atoms with Crippen molar-refractivity contribution >= 4 is 23.5 Å². The van der Waals surface area contributed by atoms with Gasteiger partial charge in [0.1, 0.15) is 5.69 Å². The highest BCUT2D eigenvalue weighted by Crippen LogP contribution is 2.15. The molecule has 2 rings (SSSR count). The zero-order chi connectivity index (χ0) is 19.8. The number of methoxy groups -OCH3 is 1. The Labute approximate surface area is 155 Å². The summed E-state index contributed by atoms with van der Waals surface area (Å²) in [7, 11) is 1.52. The van der Waals surface area contributed by atoms with E-state index < -0.39 is 17.8 Å². The lowest BCUT2D eigenvalue weighted by Crippen LogP contribution is -2.28. The smallest absolute Gasteiger partial charge is 0.305 e. The minimum absolute atomic E-state index is 0.0592. The lowest BCUT2D eigenvalue weighted by atomic mass is 10.3. The molecule has 0 saturated carbocycles. The number of hydrogen-bond acceptors (Lipinski definition) is 6. The molecule has 0 saturated heterocycles. The van der Waals surface area contributed by atoms with Gasteiger partial charge in [0.25, 0.3) is 11.8 Å². The number of ether oxygens (including phenoxy) is 1. The van der Waals surface area contributed by atoms with Crippen molar-refractivity contribution in [3.05, 3.63) is 29.8 Å². The molecule has 2 aromatic rings. The first-order valence-corrected chi connectivity index (χ1v) is 8.35. The van der Waals surface area contributed by atoms with Crippen LogP contribution in [0.2, 0.25) is 0 Å². The number of nitrogens with zero attached hydrogens (tertiary/aromatic N) is 4. The number of aryl methyl sites for hydroxylation is 2. The molecule has 0 aromatic carbocycles.